The molecule has 1 N–H and O–H groups in total. The number of carboxylic acids is 1. The van der Waals surface area contributed by atoms with Gasteiger partial charge in [-0.2, -0.15) is 0 Å². The van der Waals surface area contributed by atoms with Gasteiger partial charge in [-0.3, -0.25) is 0 Å². The van der Waals surface area contributed by atoms with Crippen LogP contribution in [0.1, 0.15) is 24.2 Å². The maximum Gasteiger partial charge on any atom is 0.351 e. The van der Waals surface area contributed by atoms with Crippen molar-refractivity contribution in [1.82, 2.24) is 0 Å². The Morgan fingerprint density at radius 1 is 1.37 bits per heavy atom. The van der Waals surface area contributed by atoms with Gasteiger partial charge in [0.05, 0.1) is 10.6 Å². The van der Waals surface area contributed by atoms with Crippen molar-refractivity contribution in [3.63, 3.8) is 0 Å². The van der Waals surface area contributed by atoms with Crippen LogP contribution in [0.4, 0.5) is 0 Å². The number of hydrogen-bond acceptors (Lipinski definition) is 4. The molecule has 0 aliphatic rings. The average Bonchev–Trinajstić information content (AvgIpc) is 2.29. The Morgan fingerprint density at radius 2 is 2.05 bits per heavy atom. The van der Waals surface area contributed by atoms with Crippen LogP contribution in [0.5, 0.6) is 5.75 Å². The van der Waals surface area contributed by atoms with Crippen LogP contribution in [-0.2, 0) is 0 Å². The maximum absolute atomic E-state index is 11.5. The Labute approximate surface area is 116 Å². The van der Waals surface area contributed by atoms with Gasteiger partial charge in [0, 0.05) is 11.5 Å². The predicted octanol–water partition coefficient (Wildman–Crippen LogP) is 3.04. The van der Waals surface area contributed by atoms with Crippen molar-refractivity contribution in [3.05, 3.63) is 38.7 Å². The molecule has 1 aromatic heterocycles. The van der Waals surface area contributed by atoms with E-state index >= 15 is 0 Å². The topological polar surface area (TPSA) is 76.7 Å². The normalized spacial score (nSPS) is 10.9. The summed E-state index contributed by atoms with van der Waals surface area (Å²) in [7, 11) is 0. The van der Waals surface area contributed by atoms with Gasteiger partial charge < -0.3 is 14.3 Å². The number of ether oxygens (including phenoxy) is 1. The van der Waals surface area contributed by atoms with Crippen LogP contribution in [-0.4, -0.2) is 17.2 Å². The molecule has 0 amide bonds. The Balaban J connectivity index is 2.65. The van der Waals surface area contributed by atoms with E-state index in [1.54, 1.807) is 12.1 Å². The fraction of sp³-hybridized carbons (Fsp3) is 0.231. The van der Waals surface area contributed by atoms with Gasteiger partial charge in [-0.1, -0.05) is 0 Å². The van der Waals surface area contributed by atoms with Gasteiger partial charge in [0.15, 0.2) is 0 Å². The third-order valence-electron chi connectivity index (χ3n) is 2.38. The molecular weight excluding hydrogens is 316 g/mol. The Kier molecular flexibility index (Phi) is 3.61. The number of halogens is 1. The Morgan fingerprint density at radius 3 is 2.63 bits per heavy atom. The molecular formula is C13H11BrO5. The van der Waals surface area contributed by atoms with E-state index in [0.29, 0.717) is 15.6 Å². The molecule has 1 heterocycles. The molecule has 0 saturated carbocycles. The Hall–Kier alpha value is -1.82. The highest BCUT2D eigenvalue weighted by Crippen LogP contribution is 2.31. The molecule has 0 unspecified atom stereocenters. The van der Waals surface area contributed by atoms with Gasteiger partial charge in [0.1, 0.15) is 16.9 Å². The van der Waals surface area contributed by atoms with Crippen LogP contribution in [0.25, 0.3) is 11.0 Å². The van der Waals surface area contributed by atoms with Gasteiger partial charge in [0.2, 0.25) is 0 Å². The van der Waals surface area contributed by atoms with Crippen LogP contribution in [0.2, 0.25) is 0 Å². The molecule has 5 nitrogen and oxygen atoms in total. The number of benzene rings is 1. The van der Waals surface area contributed by atoms with Gasteiger partial charge in [-0.25, -0.2) is 9.59 Å². The molecule has 0 bridgehead atoms. The largest absolute Gasteiger partial charge is 0.490 e. The van der Waals surface area contributed by atoms with Crippen LogP contribution in [0.15, 0.2) is 31.9 Å². The number of fused-ring (bicyclic) bond motifs is 1. The zero-order valence-electron chi connectivity index (χ0n) is 10.3. The first kappa shape index (κ1) is 13.6. The number of aromatic carboxylic acids is 1. The molecule has 1 aromatic carbocycles. The SMILES string of the molecule is CC(C)Oc1cc2oc(=O)c(C(=O)O)cc2cc1Br. The van der Waals surface area contributed by atoms with Crippen molar-refractivity contribution < 1.29 is 19.1 Å². The first-order valence-electron chi connectivity index (χ1n) is 5.56. The standard InChI is InChI=1S/C13H11BrO5/c1-6(2)18-11-5-10-7(4-9(11)14)3-8(12(15)16)13(17)19-10/h3-6H,1-2H3,(H,15,16). The quantitative estimate of drug-likeness (QED) is 0.877. The zero-order chi connectivity index (χ0) is 14.2. The van der Waals surface area contributed by atoms with Crippen molar-refractivity contribution in [3.8, 4) is 5.75 Å². The molecule has 0 saturated heterocycles. The molecule has 2 aromatic rings. The van der Waals surface area contributed by atoms with Crippen LogP contribution >= 0.6 is 15.9 Å². The molecule has 0 aliphatic carbocycles. The fourth-order valence-electron chi connectivity index (χ4n) is 1.61. The molecule has 0 atom stereocenters. The summed E-state index contributed by atoms with van der Waals surface area (Å²) >= 11 is 3.33. The summed E-state index contributed by atoms with van der Waals surface area (Å²) < 4.78 is 11.2. The summed E-state index contributed by atoms with van der Waals surface area (Å²) in [6.07, 6.45) is -0.0289. The first-order valence-corrected chi connectivity index (χ1v) is 6.35. The molecule has 2 rings (SSSR count). The van der Waals surface area contributed by atoms with Gasteiger partial charge in [-0.15, -0.1) is 0 Å². The predicted molar refractivity (Wildman–Crippen MR) is 72.9 cm³/mol. The van der Waals surface area contributed by atoms with E-state index in [1.165, 1.54) is 6.07 Å². The summed E-state index contributed by atoms with van der Waals surface area (Å²) in [5, 5.41) is 9.39. The molecule has 6 heteroatoms. The minimum Gasteiger partial charge on any atom is -0.490 e. The van der Waals surface area contributed by atoms with E-state index in [2.05, 4.69) is 15.9 Å². The number of rotatable bonds is 3. The summed E-state index contributed by atoms with van der Waals surface area (Å²) in [6.45, 7) is 3.75. The molecule has 19 heavy (non-hydrogen) atoms. The van der Waals surface area contributed by atoms with E-state index in [0.717, 1.165) is 0 Å². The van der Waals surface area contributed by atoms with E-state index in [-0.39, 0.29) is 11.7 Å². The molecule has 100 valence electrons. The lowest BCUT2D eigenvalue weighted by atomic mass is 10.2. The fourth-order valence-corrected chi connectivity index (χ4v) is 2.07. The highest BCUT2D eigenvalue weighted by molar-refractivity contribution is 9.10. The van der Waals surface area contributed by atoms with Crippen molar-refractivity contribution in [2.45, 2.75) is 20.0 Å². The number of carboxylic acid groups (broad SMARTS) is 1. The van der Waals surface area contributed by atoms with E-state index in [1.807, 2.05) is 13.8 Å². The van der Waals surface area contributed by atoms with Crippen molar-refractivity contribution >= 4 is 32.9 Å². The highest BCUT2D eigenvalue weighted by atomic mass is 79.9. The summed E-state index contributed by atoms with van der Waals surface area (Å²) in [5.41, 5.74) is -0.983. The minimum atomic E-state index is -1.31. The van der Waals surface area contributed by atoms with Gasteiger partial charge in [0.25, 0.3) is 0 Å². The summed E-state index contributed by atoms with van der Waals surface area (Å²) in [6, 6.07) is 4.50. The summed E-state index contributed by atoms with van der Waals surface area (Å²) in [5.74, 6) is -0.775. The van der Waals surface area contributed by atoms with Crippen LogP contribution in [0, 0.1) is 0 Å². The second-order valence-corrected chi connectivity index (χ2v) is 5.09. The molecule has 0 spiro atoms. The first-order chi connectivity index (χ1) is 8.88. The third-order valence-corrected chi connectivity index (χ3v) is 3.00. The third kappa shape index (κ3) is 2.78. The monoisotopic (exact) mass is 326 g/mol. The smallest absolute Gasteiger partial charge is 0.351 e. The van der Waals surface area contributed by atoms with Crippen LogP contribution in [0.3, 0.4) is 0 Å². The van der Waals surface area contributed by atoms with Crippen molar-refractivity contribution in [2.75, 3.05) is 0 Å². The minimum absolute atomic E-state index is 0.0289. The molecule has 0 aliphatic heterocycles. The molecule has 0 fully saturated rings. The van der Waals surface area contributed by atoms with E-state index in [4.69, 9.17) is 14.3 Å². The second kappa shape index (κ2) is 5.05. The lowest BCUT2D eigenvalue weighted by Crippen LogP contribution is -2.13. The van der Waals surface area contributed by atoms with Crippen LogP contribution < -0.4 is 10.4 Å². The zero-order valence-corrected chi connectivity index (χ0v) is 11.9. The lowest BCUT2D eigenvalue weighted by Gasteiger charge is -2.12. The van der Waals surface area contributed by atoms with Gasteiger partial charge in [-0.05, 0) is 41.9 Å². The van der Waals surface area contributed by atoms with E-state index in [9.17, 15) is 9.59 Å². The molecule has 0 radical (unpaired) electrons. The van der Waals surface area contributed by atoms with Crippen molar-refractivity contribution in [1.29, 1.82) is 0 Å². The second-order valence-electron chi connectivity index (χ2n) is 4.24. The van der Waals surface area contributed by atoms with Gasteiger partial charge >= 0.3 is 11.6 Å². The number of carbonyl (C=O) groups is 1. The maximum atomic E-state index is 11.5. The Bertz CT molecular complexity index is 702. The average molecular weight is 327 g/mol. The summed E-state index contributed by atoms with van der Waals surface area (Å²) in [4.78, 5) is 22.4. The lowest BCUT2D eigenvalue weighted by molar-refractivity contribution is 0.0692. The van der Waals surface area contributed by atoms with E-state index < -0.39 is 17.2 Å². The van der Waals surface area contributed by atoms with Crippen molar-refractivity contribution in [2.24, 2.45) is 0 Å². The highest BCUT2D eigenvalue weighted by Gasteiger charge is 2.14. The number of hydrogen-bond donors (Lipinski definition) is 1.